The molecule has 0 unspecified atom stereocenters. The number of hydrogen-bond acceptors (Lipinski definition) is 3. The molecule has 1 aromatic carbocycles. The Morgan fingerprint density at radius 3 is 2.26 bits per heavy atom. The van der Waals surface area contributed by atoms with Crippen LogP contribution in [-0.4, -0.2) is 26.0 Å². The topological polar surface area (TPSA) is 46.2 Å². The van der Waals surface area contributed by atoms with Crippen molar-refractivity contribution in [1.82, 2.24) is 0 Å². The van der Waals surface area contributed by atoms with Crippen molar-refractivity contribution in [3.05, 3.63) is 29.8 Å². The molecule has 0 bridgehead atoms. The number of benzene rings is 1. The largest absolute Gasteiger partial charge is 0.418 e. The maximum Gasteiger partial charge on any atom is 0.418 e. The normalized spacial score (nSPS) is 20.2. The predicted molar refractivity (Wildman–Crippen MR) is 66.7 cm³/mol. The predicted octanol–water partition coefficient (Wildman–Crippen LogP) is 2.69. The summed E-state index contributed by atoms with van der Waals surface area (Å²) in [6.45, 7) is 0. The van der Waals surface area contributed by atoms with E-state index >= 15 is 0 Å². The molecule has 0 aromatic heterocycles. The first-order chi connectivity index (χ1) is 8.78. The summed E-state index contributed by atoms with van der Waals surface area (Å²) in [5.41, 5.74) is -0.706. The second-order valence-electron chi connectivity index (χ2n) is 4.61. The minimum Gasteiger partial charge on any atom is -0.382 e. The SMILES string of the molecule is O=S1(=O)CCC(Nc2ccccc2C(F)(F)F)CC1. The van der Waals surface area contributed by atoms with Gasteiger partial charge in [-0.2, -0.15) is 13.2 Å². The molecule has 1 aliphatic heterocycles. The molecule has 0 saturated carbocycles. The molecule has 1 aromatic rings. The van der Waals surface area contributed by atoms with Gasteiger partial charge in [-0.25, -0.2) is 8.42 Å². The number of halogens is 3. The molecule has 3 nitrogen and oxygen atoms in total. The van der Waals surface area contributed by atoms with Crippen molar-refractivity contribution in [1.29, 1.82) is 0 Å². The summed E-state index contributed by atoms with van der Waals surface area (Å²) in [4.78, 5) is 0. The van der Waals surface area contributed by atoms with Crippen molar-refractivity contribution < 1.29 is 21.6 Å². The summed E-state index contributed by atoms with van der Waals surface area (Å²) in [5, 5.41) is 2.81. The first-order valence-electron chi connectivity index (χ1n) is 5.91. The van der Waals surface area contributed by atoms with Gasteiger partial charge in [0, 0.05) is 11.7 Å². The summed E-state index contributed by atoms with van der Waals surface area (Å²) in [6.07, 6.45) is -3.73. The molecule has 19 heavy (non-hydrogen) atoms. The molecule has 1 N–H and O–H groups in total. The zero-order chi connectivity index (χ0) is 14.1. The van der Waals surface area contributed by atoms with E-state index in [1.807, 2.05) is 0 Å². The summed E-state index contributed by atoms with van der Waals surface area (Å²) < 4.78 is 60.9. The molecule has 0 spiro atoms. The number of sulfone groups is 1. The third-order valence-corrected chi connectivity index (χ3v) is 4.86. The number of alkyl halides is 3. The minimum atomic E-state index is -4.41. The molecule has 1 saturated heterocycles. The summed E-state index contributed by atoms with van der Waals surface area (Å²) in [5.74, 6) is 0.0533. The lowest BCUT2D eigenvalue weighted by molar-refractivity contribution is -0.137. The van der Waals surface area contributed by atoms with Crippen molar-refractivity contribution in [3.8, 4) is 0 Å². The Morgan fingerprint density at radius 1 is 1.11 bits per heavy atom. The number of hydrogen-bond donors (Lipinski definition) is 1. The van der Waals surface area contributed by atoms with Gasteiger partial charge in [0.1, 0.15) is 9.84 Å². The molecule has 0 aliphatic carbocycles. The molecular formula is C12H14F3NO2S. The number of anilines is 1. The molecule has 0 radical (unpaired) electrons. The minimum absolute atomic E-state index is 0.0132. The number of para-hydroxylation sites is 1. The Bertz CT molecular complexity index is 540. The molecule has 1 fully saturated rings. The monoisotopic (exact) mass is 293 g/mol. The van der Waals surface area contributed by atoms with E-state index in [2.05, 4.69) is 5.32 Å². The van der Waals surface area contributed by atoms with Crippen LogP contribution in [0.1, 0.15) is 18.4 Å². The van der Waals surface area contributed by atoms with Crippen LogP contribution in [0.4, 0.5) is 18.9 Å². The summed E-state index contributed by atoms with van der Waals surface area (Å²) >= 11 is 0. The second kappa shape index (κ2) is 5.03. The van der Waals surface area contributed by atoms with Crippen molar-refractivity contribution >= 4 is 15.5 Å². The third kappa shape index (κ3) is 3.62. The van der Waals surface area contributed by atoms with Crippen LogP contribution < -0.4 is 5.32 Å². The van der Waals surface area contributed by atoms with Gasteiger partial charge in [0.25, 0.3) is 0 Å². The van der Waals surface area contributed by atoms with E-state index in [1.165, 1.54) is 18.2 Å². The summed E-state index contributed by atoms with van der Waals surface area (Å²) in [6, 6.07) is 5.01. The fraction of sp³-hybridized carbons (Fsp3) is 0.500. The van der Waals surface area contributed by atoms with E-state index in [1.54, 1.807) is 0 Å². The highest BCUT2D eigenvalue weighted by atomic mass is 32.2. The zero-order valence-corrected chi connectivity index (χ0v) is 10.9. The Morgan fingerprint density at radius 2 is 1.68 bits per heavy atom. The first-order valence-corrected chi connectivity index (χ1v) is 7.73. The van der Waals surface area contributed by atoms with Gasteiger partial charge in [-0.3, -0.25) is 0 Å². The van der Waals surface area contributed by atoms with Gasteiger partial charge >= 0.3 is 6.18 Å². The van der Waals surface area contributed by atoms with Crippen LogP contribution in [0.3, 0.4) is 0 Å². The lowest BCUT2D eigenvalue weighted by atomic mass is 10.1. The van der Waals surface area contributed by atoms with Crippen LogP contribution in [0, 0.1) is 0 Å². The highest BCUT2D eigenvalue weighted by molar-refractivity contribution is 7.91. The van der Waals surface area contributed by atoms with Gasteiger partial charge in [-0.1, -0.05) is 12.1 Å². The van der Waals surface area contributed by atoms with Crippen molar-refractivity contribution in [2.75, 3.05) is 16.8 Å². The smallest absolute Gasteiger partial charge is 0.382 e. The standard InChI is InChI=1S/C12H14F3NO2S/c13-12(14,15)10-3-1-2-4-11(10)16-9-5-7-19(17,18)8-6-9/h1-4,9,16H,5-8H2. The van der Waals surface area contributed by atoms with Crippen LogP contribution in [0.2, 0.25) is 0 Å². The van der Waals surface area contributed by atoms with E-state index < -0.39 is 21.6 Å². The van der Waals surface area contributed by atoms with Gasteiger partial charge in [-0.15, -0.1) is 0 Å². The van der Waals surface area contributed by atoms with Gasteiger partial charge in [0.05, 0.1) is 17.1 Å². The quantitative estimate of drug-likeness (QED) is 0.912. The van der Waals surface area contributed by atoms with Crippen molar-refractivity contribution in [2.24, 2.45) is 0 Å². The Kier molecular flexibility index (Phi) is 3.75. The average Bonchev–Trinajstić information content (AvgIpc) is 2.31. The van der Waals surface area contributed by atoms with Crippen LogP contribution in [-0.2, 0) is 16.0 Å². The van der Waals surface area contributed by atoms with Crippen molar-refractivity contribution in [2.45, 2.75) is 25.1 Å². The fourth-order valence-electron chi connectivity index (χ4n) is 2.11. The Labute approximate surface area is 109 Å². The lowest BCUT2D eigenvalue weighted by Gasteiger charge is -2.25. The highest BCUT2D eigenvalue weighted by Gasteiger charge is 2.34. The van der Waals surface area contributed by atoms with Gasteiger partial charge in [0.2, 0.25) is 0 Å². The molecule has 1 aliphatic rings. The number of rotatable bonds is 2. The molecule has 0 amide bonds. The molecule has 2 rings (SSSR count). The maximum atomic E-state index is 12.8. The molecular weight excluding hydrogens is 279 g/mol. The molecule has 106 valence electrons. The van der Waals surface area contributed by atoms with Crippen LogP contribution >= 0.6 is 0 Å². The number of nitrogens with one attached hydrogen (secondary N) is 1. The van der Waals surface area contributed by atoms with Gasteiger partial charge in [0.15, 0.2) is 0 Å². The molecule has 7 heteroatoms. The van der Waals surface area contributed by atoms with Crippen LogP contribution in [0.15, 0.2) is 24.3 Å². The van der Waals surface area contributed by atoms with Crippen LogP contribution in [0.5, 0.6) is 0 Å². The Balaban J connectivity index is 2.12. The van der Waals surface area contributed by atoms with E-state index in [9.17, 15) is 21.6 Å². The maximum absolute atomic E-state index is 12.8. The van der Waals surface area contributed by atoms with Gasteiger partial charge in [-0.05, 0) is 25.0 Å². The van der Waals surface area contributed by atoms with Gasteiger partial charge < -0.3 is 5.32 Å². The van der Waals surface area contributed by atoms with Crippen LogP contribution in [0.25, 0.3) is 0 Å². The van der Waals surface area contributed by atoms with E-state index in [-0.39, 0.29) is 23.2 Å². The summed E-state index contributed by atoms with van der Waals surface area (Å²) in [7, 11) is -3.01. The zero-order valence-electron chi connectivity index (χ0n) is 10.1. The second-order valence-corrected chi connectivity index (χ2v) is 6.92. The fourth-order valence-corrected chi connectivity index (χ4v) is 3.60. The van der Waals surface area contributed by atoms with E-state index in [0.29, 0.717) is 12.8 Å². The third-order valence-electron chi connectivity index (χ3n) is 3.15. The molecule has 1 heterocycles. The highest BCUT2D eigenvalue weighted by Crippen LogP contribution is 2.35. The molecule has 0 atom stereocenters. The van der Waals surface area contributed by atoms with Crippen molar-refractivity contribution in [3.63, 3.8) is 0 Å². The van der Waals surface area contributed by atoms with E-state index in [4.69, 9.17) is 0 Å². The average molecular weight is 293 g/mol. The lowest BCUT2D eigenvalue weighted by Crippen LogP contribution is -2.32. The van der Waals surface area contributed by atoms with E-state index in [0.717, 1.165) is 6.07 Å². The Hall–Kier alpha value is -1.24. The first kappa shape index (κ1) is 14.2.